The lowest BCUT2D eigenvalue weighted by Gasteiger charge is -2.33. The Morgan fingerprint density at radius 2 is 2.00 bits per heavy atom. The summed E-state index contributed by atoms with van der Waals surface area (Å²) in [7, 11) is 0. The average Bonchev–Trinajstić information content (AvgIpc) is 2.79. The molecule has 1 aliphatic heterocycles. The van der Waals surface area contributed by atoms with Gasteiger partial charge in [0.2, 0.25) is 0 Å². The maximum Gasteiger partial charge on any atom is 0.0452 e. The molecule has 3 unspecified atom stereocenters. The summed E-state index contributed by atoms with van der Waals surface area (Å²) in [6.07, 6.45) is 3.99. The summed E-state index contributed by atoms with van der Waals surface area (Å²) in [5, 5.41) is 3.71. The molecule has 0 aromatic heterocycles. The molecule has 1 saturated heterocycles. The van der Waals surface area contributed by atoms with Crippen LogP contribution in [0.25, 0.3) is 0 Å². The highest BCUT2D eigenvalue weighted by Gasteiger charge is 2.31. The third kappa shape index (κ3) is 3.87. The third-order valence-electron chi connectivity index (χ3n) is 5.07. The fourth-order valence-corrected chi connectivity index (χ4v) is 3.84. The van der Waals surface area contributed by atoms with Gasteiger partial charge in [-0.2, -0.15) is 0 Å². The molecule has 21 heavy (non-hydrogen) atoms. The molecule has 118 valence electrons. The zero-order valence-electron chi connectivity index (χ0n) is 14.4. The van der Waals surface area contributed by atoms with E-state index in [2.05, 4.69) is 63.0 Å². The molecule has 1 heterocycles. The Morgan fingerprint density at radius 3 is 2.62 bits per heavy atom. The van der Waals surface area contributed by atoms with Crippen LogP contribution in [-0.2, 0) is 0 Å². The molecule has 2 heteroatoms. The van der Waals surface area contributed by atoms with Crippen LogP contribution in [-0.4, -0.2) is 30.1 Å². The Kier molecular flexibility index (Phi) is 5.83. The Labute approximate surface area is 130 Å². The zero-order valence-corrected chi connectivity index (χ0v) is 14.4. The molecule has 0 radical (unpaired) electrons. The summed E-state index contributed by atoms with van der Waals surface area (Å²) >= 11 is 0. The van der Waals surface area contributed by atoms with Crippen molar-refractivity contribution in [2.45, 2.75) is 72.0 Å². The maximum absolute atomic E-state index is 3.71. The topological polar surface area (TPSA) is 15.3 Å². The van der Waals surface area contributed by atoms with Gasteiger partial charge in [-0.25, -0.2) is 0 Å². The first-order chi connectivity index (χ1) is 10.1. The van der Waals surface area contributed by atoms with Crippen molar-refractivity contribution in [3.05, 3.63) is 34.9 Å². The average molecular weight is 288 g/mol. The van der Waals surface area contributed by atoms with Gasteiger partial charge in [-0.3, -0.25) is 4.90 Å². The van der Waals surface area contributed by atoms with Crippen molar-refractivity contribution < 1.29 is 0 Å². The minimum absolute atomic E-state index is 0.449. The van der Waals surface area contributed by atoms with E-state index in [-0.39, 0.29) is 0 Å². The van der Waals surface area contributed by atoms with Crippen LogP contribution in [0, 0.1) is 13.8 Å². The largest absolute Gasteiger partial charge is 0.309 e. The van der Waals surface area contributed by atoms with Crippen molar-refractivity contribution in [1.82, 2.24) is 10.2 Å². The van der Waals surface area contributed by atoms with Crippen LogP contribution in [0.3, 0.4) is 0 Å². The SMILES string of the molecule is CCNC(CN1C(C)CCC1CC)c1ccc(C)cc1C. The van der Waals surface area contributed by atoms with Crippen LogP contribution >= 0.6 is 0 Å². The van der Waals surface area contributed by atoms with Crippen LogP contribution in [0.4, 0.5) is 0 Å². The lowest BCUT2D eigenvalue weighted by Crippen LogP contribution is -2.41. The number of rotatable bonds is 6. The molecule has 0 aliphatic carbocycles. The second-order valence-electron chi connectivity index (χ2n) is 6.66. The van der Waals surface area contributed by atoms with E-state index in [1.807, 2.05) is 0 Å². The van der Waals surface area contributed by atoms with Gasteiger partial charge in [-0.05, 0) is 57.7 Å². The molecule has 1 aliphatic rings. The molecule has 0 spiro atoms. The van der Waals surface area contributed by atoms with Crippen LogP contribution in [0.1, 0.15) is 62.8 Å². The minimum Gasteiger partial charge on any atom is -0.309 e. The Morgan fingerprint density at radius 1 is 1.24 bits per heavy atom. The van der Waals surface area contributed by atoms with E-state index in [4.69, 9.17) is 0 Å². The van der Waals surface area contributed by atoms with Crippen LogP contribution in [0.2, 0.25) is 0 Å². The lowest BCUT2D eigenvalue weighted by atomic mass is 9.98. The van der Waals surface area contributed by atoms with Gasteiger partial charge in [0.1, 0.15) is 0 Å². The standard InChI is InChI=1S/C19H32N2/c1-6-17-10-9-16(5)21(17)13-19(20-7-2)18-11-8-14(3)12-15(18)4/h8,11-12,16-17,19-20H,6-7,9-10,13H2,1-5H3. The van der Waals surface area contributed by atoms with Crippen LogP contribution in [0.15, 0.2) is 18.2 Å². The summed E-state index contributed by atoms with van der Waals surface area (Å²) < 4.78 is 0. The summed E-state index contributed by atoms with van der Waals surface area (Å²) in [5.74, 6) is 0. The molecule has 2 rings (SSSR count). The van der Waals surface area contributed by atoms with E-state index in [1.54, 1.807) is 0 Å². The number of likely N-dealkylation sites (N-methyl/N-ethyl adjacent to an activating group) is 1. The quantitative estimate of drug-likeness (QED) is 0.843. The van der Waals surface area contributed by atoms with Gasteiger partial charge in [0.05, 0.1) is 0 Å². The number of benzene rings is 1. The lowest BCUT2D eigenvalue weighted by molar-refractivity contribution is 0.177. The number of nitrogens with zero attached hydrogens (tertiary/aromatic N) is 1. The van der Waals surface area contributed by atoms with Crippen molar-refractivity contribution in [3.63, 3.8) is 0 Å². The molecule has 2 nitrogen and oxygen atoms in total. The highest BCUT2D eigenvalue weighted by molar-refractivity contribution is 5.33. The second kappa shape index (κ2) is 7.42. The summed E-state index contributed by atoms with van der Waals surface area (Å²) in [4.78, 5) is 2.73. The number of hydrogen-bond acceptors (Lipinski definition) is 2. The van der Waals surface area contributed by atoms with Gasteiger partial charge in [0.25, 0.3) is 0 Å². The molecule has 3 atom stereocenters. The zero-order chi connectivity index (χ0) is 15.4. The molecular formula is C19H32N2. The molecule has 1 aromatic rings. The smallest absolute Gasteiger partial charge is 0.0452 e. The Balaban J connectivity index is 2.18. The van der Waals surface area contributed by atoms with Crippen LogP contribution < -0.4 is 5.32 Å². The fraction of sp³-hybridized carbons (Fsp3) is 0.684. The van der Waals surface area contributed by atoms with Gasteiger partial charge in [-0.1, -0.05) is 37.6 Å². The minimum atomic E-state index is 0.449. The molecule has 1 fully saturated rings. The summed E-state index contributed by atoms with van der Waals surface area (Å²) in [5.41, 5.74) is 4.24. The van der Waals surface area contributed by atoms with Crippen molar-refractivity contribution in [1.29, 1.82) is 0 Å². The molecule has 1 aromatic carbocycles. The third-order valence-corrected chi connectivity index (χ3v) is 5.07. The van der Waals surface area contributed by atoms with E-state index >= 15 is 0 Å². The first-order valence-electron chi connectivity index (χ1n) is 8.63. The molecule has 0 saturated carbocycles. The fourth-order valence-electron chi connectivity index (χ4n) is 3.84. The van der Waals surface area contributed by atoms with E-state index in [1.165, 1.54) is 36.0 Å². The molecule has 0 bridgehead atoms. The van der Waals surface area contributed by atoms with Crippen molar-refractivity contribution in [2.24, 2.45) is 0 Å². The normalized spacial score (nSPS) is 24.4. The maximum atomic E-state index is 3.71. The highest BCUT2D eigenvalue weighted by Crippen LogP contribution is 2.29. The summed E-state index contributed by atoms with van der Waals surface area (Å²) in [6.45, 7) is 13.5. The predicted octanol–water partition coefficient (Wildman–Crippen LogP) is 4.22. The van der Waals surface area contributed by atoms with E-state index in [9.17, 15) is 0 Å². The van der Waals surface area contributed by atoms with Gasteiger partial charge >= 0.3 is 0 Å². The first-order valence-corrected chi connectivity index (χ1v) is 8.63. The highest BCUT2D eigenvalue weighted by atomic mass is 15.2. The van der Waals surface area contributed by atoms with Crippen molar-refractivity contribution >= 4 is 0 Å². The Bertz CT molecular complexity index is 455. The molecular weight excluding hydrogens is 256 g/mol. The predicted molar refractivity (Wildman–Crippen MR) is 91.8 cm³/mol. The van der Waals surface area contributed by atoms with E-state index in [0.717, 1.165) is 25.2 Å². The van der Waals surface area contributed by atoms with E-state index in [0.29, 0.717) is 6.04 Å². The van der Waals surface area contributed by atoms with Gasteiger partial charge in [-0.15, -0.1) is 0 Å². The molecule has 0 amide bonds. The number of nitrogens with one attached hydrogen (secondary N) is 1. The van der Waals surface area contributed by atoms with Crippen molar-refractivity contribution in [3.8, 4) is 0 Å². The van der Waals surface area contributed by atoms with Gasteiger partial charge < -0.3 is 5.32 Å². The number of likely N-dealkylation sites (tertiary alicyclic amines) is 1. The summed E-state index contributed by atoms with van der Waals surface area (Å²) in [6, 6.07) is 8.82. The van der Waals surface area contributed by atoms with Gasteiger partial charge in [0, 0.05) is 24.7 Å². The number of hydrogen-bond donors (Lipinski definition) is 1. The first kappa shape index (κ1) is 16.5. The monoisotopic (exact) mass is 288 g/mol. The Hall–Kier alpha value is -0.860. The van der Waals surface area contributed by atoms with Gasteiger partial charge in [0.15, 0.2) is 0 Å². The van der Waals surface area contributed by atoms with Crippen LogP contribution in [0.5, 0.6) is 0 Å². The second-order valence-corrected chi connectivity index (χ2v) is 6.66. The van der Waals surface area contributed by atoms with Crippen molar-refractivity contribution in [2.75, 3.05) is 13.1 Å². The number of aryl methyl sites for hydroxylation is 2. The molecule has 1 N–H and O–H groups in total. The van der Waals surface area contributed by atoms with E-state index < -0.39 is 0 Å².